The molecule has 0 bridgehead atoms. The smallest absolute Gasteiger partial charge is 0.269 e. The molecule has 2 N–H and O–H groups in total. The monoisotopic (exact) mass is 433 g/mol. The first kappa shape index (κ1) is 20.7. The van der Waals surface area contributed by atoms with Gasteiger partial charge in [0.15, 0.2) is 5.11 Å². The number of benzene rings is 2. The van der Waals surface area contributed by atoms with E-state index in [-0.39, 0.29) is 5.69 Å². The van der Waals surface area contributed by atoms with Crippen molar-refractivity contribution in [3.63, 3.8) is 0 Å². The number of aryl methyl sites for hydroxylation is 1. The van der Waals surface area contributed by atoms with Crippen LogP contribution in [0, 0.1) is 29.8 Å². The molecule has 3 aromatic rings. The molecular weight excluding hydrogens is 417 g/mol. The maximum atomic E-state index is 13.2. The van der Waals surface area contributed by atoms with Gasteiger partial charge in [-0.15, -0.1) is 0 Å². The Bertz CT molecular complexity index is 1080. The molecule has 0 spiro atoms. The summed E-state index contributed by atoms with van der Waals surface area (Å²) < 4.78 is 15.0. The van der Waals surface area contributed by atoms with E-state index >= 15 is 0 Å². The minimum atomic E-state index is -0.463. The van der Waals surface area contributed by atoms with Crippen molar-refractivity contribution in [1.29, 1.82) is 0 Å². The molecule has 2 aromatic carbocycles. The second kappa shape index (κ2) is 8.54. The van der Waals surface area contributed by atoms with Crippen LogP contribution in [0.3, 0.4) is 0 Å². The van der Waals surface area contributed by atoms with Gasteiger partial charge in [-0.05, 0) is 55.9 Å². The lowest BCUT2D eigenvalue weighted by Crippen LogP contribution is -2.20. The fourth-order valence-corrected chi connectivity index (χ4v) is 3.23. The Morgan fingerprint density at radius 1 is 1.24 bits per heavy atom. The van der Waals surface area contributed by atoms with Crippen LogP contribution < -0.4 is 10.6 Å². The fraction of sp³-hybridized carbons (Fsp3) is 0.158. The van der Waals surface area contributed by atoms with E-state index < -0.39 is 10.7 Å². The highest BCUT2D eigenvalue weighted by Crippen LogP contribution is 2.24. The molecule has 150 valence electrons. The summed E-state index contributed by atoms with van der Waals surface area (Å²) >= 11 is 11.5. The van der Waals surface area contributed by atoms with Gasteiger partial charge in [-0.25, -0.2) is 4.39 Å². The molecule has 7 nitrogen and oxygen atoms in total. The van der Waals surface area contributed by atoms with E-state index in [1.54, 1.807) is 22.9 Å². The molecule has 29 heavy (non-hydrogen) atoms. The first-order chi connectivity index (χ1) is 13.7. The number of nitro groups is 1. The number of nitro benzene ring substituents is 1. The number of aromatic nitrogens is 2. The van der Waals surface area contributed by atoms with E-state index in [1.807, 2.05) is 13.8 Å². The van der Waals surface area contributed by atoms with Gasteiger partial charge in [0.05, 0.1) is 28.5 Å². The summed E-state index contributed by atoms with van der Waals surface area (Å²) in [7, 11) is 0. The van der Waals surface area contributed by atoms with Crippen LogP contribution in [0.1, 0.15) is 17.0 Å². The van der Waals surface area contributed by atoms with Crippen LogP contribution in [0.25, 0.3) is 0 Å². The van der Waals surface area contributed by atoms with Crippen LogP contribution in [0.4, 0.5) is 21.5 Å². The predicted octanol–water partition coefficient (Wildman–Crippen LogP) is 5.06. The molecule has 0 radical (unpaired) electrons. The van der Waals surface area contributed by atoms with Gasteiger partial charge in [-0.1, -0.05) is 17.7 Å². The molecule has 0 saturated heterocycles. The van der Waals surface area contributed by atoms with E-state index in [2.05, 4.69) is 15.7 Å². The Morgan fingerprint density at radius 3 is 2.55 bits per heavy atom. The molecule has 0 saturated carbocycles. The van der Waals surface area contributed by atoms with Gasteiger partial charge in [-0.3, -0.25) is 14.8 Å². The number of halogens is 2. The van der Waals surface area contributed by atoms with Crippen LogP contribution in [0.2, 0.25) is 5.02 Å². The summed E-state index contributed by atoms with van der Waals surface area (Å²) in [5.41, 5.74) is 3.67. The van der Waals surface area contributed by atoms with Crippen molar-refractivity contribution in [1.82, 2.24) is 9.78 Å². The number of anilines is 2. The van der Waals surface area contributed by atoms with Crippen LogP contribution >= 0.6 is 23.8 Å². The van der Waals surface area contributed by atoms with E-state index in [9.17, 15) is 14.5 Å². The lowest BCUT2D eigenvalue weighted by Gasteiger charge is -2.11. The summed E-state index contributed by atoms with van der Waals surface area (Å²) in [5.74, 6) is -0.392. The molecule has 10 heteroatoms. The molecule has 0 atom stereocenters. The Kier molecular flexibility index (Phi) is 6.09. The highest BCUT2D eigenvalue weighted by molar-refractivity contribution is 7.80. The van der Waals surface area contributed by atoms with E-state index in [4.69, 9.17) is 23.8 Å². The minimum Gasteiger partial charge on any atom is -0.332 e. The van der Waals surface area contributed by atoms with Crippen molar-refractivity contribution in [3.05, 3.63) is 80.4 Å². The largest absolute Gasteiger partial charge is 0.332 e. The first-order valence-corrected chi connectivity index (χ1v) is 9.33. The zero-order valence-electron chi connectivity index (χ0n) is 15.6. The third kappa shape index (κ3) is 4.87. The molecule has 3 rings (SSSR count). The topological polar surface area (TPSA) is 85.0 Å². The third-order valence-electron chi connectivity index (χ3n) is 4.29. The standard InChI is InChI=1S/C19H17ClFN5O2S/c1-11-18(23-19(29)22-15-5-7-16(8-6-15)26(27)28)12(2)25(24-11)10-13-3-4-14(21)9-17(13)20/h3-9H,10H2,1-2H3,(H2,22,23,29). The molecule has 1 heterocycles. The predicted molar refractivity (Wildman–Crippen MR) is 115 cm³/mol. The fourth-order valence-electron chi connectivity index (χ4n) is 2.79. The van der Waals surface area contributed by atoms with Crippen molar-refractivity contribution < 1.29 is 9.31 Å². The number of rotatable bonds is 5. The summed E-state index contributed by atoms with van der Waals surface area (Å²) in [5, 5.41) is 22.0. The van der Waals surface area contributed by atoms with Crippen LogP contribution in [-0.4, -0.2) is 19.8 Å². The number of hydrogen-bond donors (Lipinski definition) is 2. The zero-order valence-corrected chi connectivity index (χ0v) is 17.1. The molecule has 0 unspecified atom stereocenters. The van der Waals surface area contributed by atoms with E-state index in [1.165, 1.54) is 24.3 Å². The average Bonchev–Trinajstić information content (AvgIpc) is 2.92. The lowest BCUT2D eigenvalue weighted by molar-refractivity contribution is -0.384. The Labute approximate surface area is 176 Å². The van der Waals surface area contributed by atoms with E-state index in [0.29, 0.717) is 22.4 Å². The van der Waals surface area contributed by atoms with Crippen LogP contribution in [0.5, 0.6) is 0 Å². The second-order valence-corrected chi connectivity index (χ2v) is 7.14. The van der Waals surface area contributed by atoms with Gasteiger partial charge in [0.2, 0.25) is 0 Å². The van der Waals surface area contributed by atoms with Gasteiger partial charge >= 0.3 is 0 Å². The maximum Gasteiger partial charge on any atom is 0.269 e. The first-order valence-electron chi connectivity index (χ1n) is 8.55. The highest BCUT2D eigenvalue weighted by atomic mass is 35.5. The molecule has 0 aliphatic heterocycles. The quantitative estimate of drug-likeness (QED) is 0.332. The summed E-state index contributed by atoms with van der Waals surface area (Å²) in [6.07, 6.45) is 0. The molecular formula is C19H17ClFN5O2S. The Balaban J connectivity index is 1.72. The molecule has 0 fully saturated rings. The molecule has 0 aliphatic rings. The number of non-ortho nitro benzene ring substituents is 1. The van der Waals surface area contributed by atoms with Crippen LogP contribution in [-0.2, 0) is 6.54 Å². The van der Waals surface area contributed by atoms with Gasteiger partial charge in [-0.2, -0.15) is 5.10 Å². The number of hydrogen-bond acceptors (Lipinski definition) is 4. The number of thiocarbonyl (C=S) groups is 1. The second-order valence-electron chi connectivity index (χ2n) is 6.32. The highest BCUT2D eigenvalue weighted by Gasteiger charge is 2.14. The molecule has 0 amide bonds. The zero-order chi connectivity index (χ0) is 21.1. The normalized spacial score (nSPS) is 10.6. The minimum absolute atomic E-state index is 0.00171. The van der Waals surface area contributed by atoms with Gasteiger partial charge in [0.25, 0.3) is 5.69 Å². The van der Waals surface area contributed by atoms with Crippen molar-refractivity contribution in [2.24, 2.45) is 0 Å². The SMILES string of the molecule is Cc1nn(Cc2ccc(F)cc2Cl)c(C)c1NC(=S)Nc1ccc([N+](=O)[O-])cc1. The maximum absolute atomic E-state index is 13.2. The number of nitrogens with zero attached hydrogens (tertiary/aromatic N) is 3. The lowest BCUT2D eigenvalue weighted by atomic mass is 10.2. The van der Waals surface area contributed by atoms with E-state index in [0.717, 1.165) is 22.6 Å². The van der Waals surface area contributed by atoms with Crippen molar-refractivity contribution in [2.75, 3.05) is 10.6 Å². The summed E-state index contributed by atoms with van der Waals surface area (Å²) in [4.78, 5) is 10.3. The van der Waals surface area contributed by atoms with Crippen LogP contribution in [0.15, 0.2) is 42.5 Å². The summed E-state index contributed by atoms with van der Waals surface area (Å²) in [6, 6.07) is 10.2. The van der Waals surface area contributed by atoms with Crippen molar-refractivity contribution in [3.8, 4) is 0 Å². The van der Waals surface area contributed by atoms with Gasteiger partial charge < -0.3 is 10.6 Å². The molecule has 1 aromatic heterocycles. The summed E-state index contributed by atoms with van der Waals surface area (Å²) in [6.45, 7) is 4.11. The molecule has 0 aliphatic carbocycles. The Morgan fingerprint density at radius 2 is 1.93 bits per heavy atom. The van der Waals surface area contributed by atoms with Crippen molar-refractivity contribution in [2.45, 2.75) is 20.4 Å². The van der Waals surface area contributed by atoms with Gasteiger partial charge in [0.1, 0.15) is 5.82 Å². The third-order valence-corrected chi connectivity index (χ3v) is 4.85. The van der Waals surface area contributed by atoms with Gasteiger partial charge in [0, 0.05) is 22.8 Å². The average molecular weight is 434 g/mol. The van der Waals surface area contributed by atoms with Crippen molar-refractivity contribution >= 4 is 46.0 Å². The number of nitrogens with one attached hydrogen (secondary N) is 2. The Hall–Kier alpha value is -3.04.